The Morgan fingerprint density at radius 3 is 2.22 bits per heavy atom. The van der Waals surface area contributed by atoms with Gasteiger partial charge in [0.05, 0.1) is 12.5 Å². The summed E-state index contributed by atoms with van der Waals surface area (Å²) in [5, 5.41) is 11.6. The first kappa shape index (κ1) is 16.9. The average molecular weight is 258 g/mol. The van der Waals surface area contributed by atoms with Crippen molar-refractivity contribution in [1.29, 1.82) is 0 Å². The van der Waals surface area contributed by atoms with E-state index in [9.17, 15) is 9.59 Å². The zero-order valence-electron chi connectivity index (χ0n) is 11.8. The van der Waals surface area contributed by atoms with E-state index in [1.165, 1.54) is 0 Å². The van der Waals surface area contributed by atoms with Gasteiger partial charge in [0.15, 0.2) is 0 Å². The minimum atomic E-state index is -0.901. The lowest BCUT2D eigenvalue weighted by molar-refractivity contribution is -0.137. The lowest BCUT2D eigenvalue weighted by atomic mass is 9.96. The van der Waals surface area contributed by atoms with Crippen molar-refractivity contribution in [2.45, 2.75) is 59.0 Å². The predicted octanol–water partition coefficient (Wildman–Crippen LogP) is 1.37. The van der Waals surface area contributed by atoms with Crippen molar-refractivity contribution in [3.05, 3.63) is 0 Å². The highest BCUT2D eigenvalue weighted by atomic mass is 16.4. The Bertz CT molecular complexity index is 279. The molecule has 18 heavy (non-hydrogen) atoms. The molecule has 0 saturated carbocycles. The fraction of sp³-hybridized carbons (Fsp3) is 0.846. The van der Waals surface area contributed by atoms with Crippen LogP contribution in [0.2, 0.25) is 0 Å². The van der Waals surface area contributed by atoms with Gasteiger partial charge < -0.3 is 16.2 Å². The largest absolute Gasteiger partial charge is 0.481 e. The number of carboxylic acids is 1. The highest BCUT2D eigenvalue weighted by molar-refractivity contribution is 5.82. The molecule has 5 nitrogen and oxygen atoms in total. The van der Waals surface area contributed by atoms with Crippen molar-refractivity contribution in [2.24, 2.45) is 17.6 Å². The third kappa shape index (κ3) is 6.59. The van der Waals surface area contributed by atoms with Crippen LogP contribution in [0.15, 0.2) is 0 Å². The summed E-state index contributed by atoms with van der Waals surface area (Å²) in [5.41, 5.74) is 5.74. The Balaban J connectivity index is 4.48. The number of carbonyl (C=O) groups excluding carboxylic acids is 1. The summed E-state index contributed by atoms with van der Waals surface area (Å²) in [6.45, 7) is 7.82. The lowest BCUT2D eigenvalue weighted by Gasteiger charge is -2.23. The van der Waals surface area contributed by atoms with E-state index in [2.05, 4.69) is 5.32 Å². The molecule has 1 amide bonds. The van der Waals surface area contributed by atoms with Gasteiger partial charge in [-0.1, -0.05) is 34.1 Å². The maximum atomic E-state index is 11.8. The van der Waals surface area contributed by atoms with E-state index >= 15 is 0 Å². The molecule has 3 atom stereocenters. The Hall–Kier alpha value is -1.10. The molecule has 2 unspecified atom stereocenters. The Labute approximate surface area is 109 Å². The van der Waals surface area contributed by atoms with Crippen molar-refractivity contribution < 1.29 is 14.7 Å². The van der Waals surface area contributed by atoms with Gasteiger partial charge in [-0.25, -0.2) is 0 Å². The molecule has 0 radical (unpaired) electrons. The number of carbonyl (C=O) groups is 2. The topological polar surface area (TPSA) is 92.4 Å². The van der Waals surface area contributed by atoms with Gasteiger partial charge in [0.1, 0.15) is 0 Å². The zero-order valence-corrected chi connectivity index (χ0v) is 11.8. The van der Waals surface area contributed by atoms with E-state index in [4.69, 9.17) is 10.8 Å². The second-order valence-electron chi connectivity index (χ2n) is 5.32. The Morgan fingerprint density at radius 2 is 1.83 bits per heavy atom. The summed E-state index contributed by atoms with van der Waals surface area (Å²) >= 11 is 0. The van der Waals surface area contributed by atoms with Crippen LogP contribution in [0, 0.1) is 11.8 Å². The van der Waals surface area contributed by atoms with Crippen LogP contribution < -0.4 is 11.1 Å². The highest BCUT2D eigenvalue weighted by Gasteiger charge is 2.23. The van der Waals surface area contributed by atoms with Crippen LogP contribution in [-0.2, 0) is 9.59 Å². The molecule has 5 heteroatoms. The van der Waals surface area contributed by atoms with Crippen molar-refractivity contribution in [3.63, 3.8) is 0 Å². The maximum Gasteiger partial charge on any atom is 0.305 e. The minimum Gasteiger partial charge on any atom is -0.481 e. The maximum absolute atomic E-state index is 11.8. The number of nitrogens with two attached hydrogens (primary N) is 1. The summed E-state index contributed by atoms with van der Waals surface area (Å²) in [7, 11) is 0. The molecule has 0 heterocycles. The molecule has 0 fully saturated rings. The van der Waals surface area contributed by atoms with Crippen molar-refractivity contribution in [1.82, 2.24) is 5.32 Å². The van der Waals surface area contributed by atoms with E-state index in [-0.39, 0.29) is 24.3 Å². The first-order chi connectivity index (χ1) is 8.27. The predicted molar refractivity (Wildman–Crippen MR) is 71.1 cm³/mol. The van der Waals surface area contributed by atoms with Crippen molar-refractivity contribution in [2.75, 3.05) is 0 Å². The molecular weight excluding hydrogens is 232 g/mol. The molecule has 0 rings (SSSR count). The molecule has 106 valence electrons. The van der Waals surface area contributed by atoms with Gasteiger partial charge in [0, 0.05) is 6.04 Å². The van der Waals surface area contributed by atoms with E-state index < -0.39 is 12.0 Å². The standard InChI is InChI=1S/C13H26N2O3/c1-5-9(4)6-10(7-11(16)17)15-13(18)12(14)8(2)3/h8-10,12H,5-7,14H2,1-4H3,(H,15,18)(H,16,17)/t9?,10?,12-/m0/s1. The number of aliphatic carboxylic acids is 1. The number of hydrogen-bond acceptors (Lipinski definition) is 3. The molecule has 0 aliphatic rings. The van der Waals surface area contributed by atoms with Crippen LogP contribution >= 0.6 is 0 Å². The normalized spacial score (nSPS) is 16.1. The third-order valence-electron chi connectivity index (χ3n) is 3.17. The van der Waals surface area contributed by atoms with Crippen molar-refractivity contribution >= 4 is 11.9 Å². The lowest BCUT2D eigenvalue weighted by Crippen LogP contribution is -2.48. The van der Waals surface area contributed by atoms with Gasteiger partial charge in [-0.15, -0.1) is 0 Å². The number of amides is 1. The summed E-state index contributed by atoms with van der Waals surface area (Å²) < 4.78 is 0. The first-order valence-electron chi connectivity index (χ1n) is 6.55. The first-order valence-corrected chi connectivity index (χ1v) is 6.55. The van der Waals surface area contributed by atoms with Gasteiger partial charge in [-0.3, -0.25) is 9.59 Å². The van der Waals surface area contributed by atoms with Gasteiger partial charge >= 0.3 is 5.97 Å². The van der Waals surface area contributed by atoms with Crippen LogP contribution in [0.1, 0.15) is 47.0 Å². The number of nitrogens with one attached hydrogen (secondary N) is 1. The summed E-state index contributed by atoms with van der Waals surface area (Å²) in [5.74, 6) is -0.745. The molecule has 0 aromatic heterocycles. The summed E-state index contributed by atoms with van der Waals surface area (Å²) in [4.78, 5) is 22.6. The van der Waals surface area contributed by atoms with Crippen LogP contribution in [0.4, 0.5) is 0 Å². The quantitative estimate of drug-likeness (QED) is 0.613. The SMILES string of the molecule is CCC(C)CC(CC(=O)O)NC(=O)[C@@H](N)C(C)C. The second-order valence-corrected chi connectivity index (χ2v) is 5.32. The molecule has 0 aliphatic carbocycles. The molecule has 0 aromatic rings. The monoisotopic (exact) mass is 258 g/mol. The van der Waals surface area contributed by atoms with Crippen LogP contribution in [0.3, 0.4) is 0 Å². The smallest absolute Gasteiger partial charge is 0.305 e. The van der Waals surface area contributed by atoms with Gasteiger partial charge in [0.2, 0.25) is 5.91 Å². The summed E-state index contributed by atoms with van der Waals surface area (Å²) in [6, 6.07) is -0.923. The Kier molecular flexibility index (Phi) is 7.59. The van der Waals surface area contributed by atoms with E-state index in [1.54, 1.807) is 0 Å². The molecule has 0 saturated heterocycles. The van der Waals surface area contributed by atoms with E-state index in [0.29, 0.717) is 12.3 Å². The summed E-state index contributed by atoms with van der Waals surface area (Å²) in [6.07, 6.45) is 1.57. The van der Waals surface area contributed by atoms with Crippen LogP contribution in [0.25, 0.3) is 0 Å². The molecule has 0 bridgehead atoms. The zero-order chi connectivity index (χ0) is 14.3. The molecule has 0 aromatic carbocycles. The third-order valence-corrected chi connectivity index (χ3v) is 3.17. The molecule has 0 spiro atoms. The number of hydrogen-bond donors (Lipinski definition) is 3. The van der Waals surface area contributed by atoms with E-state index in [0.717, 1.165) is 6.42 Å². The van der Waals surface area contributed by atoms with Gasteiger partial charge in [0.25, 0.3) is 0 Å². The molecule has 0 aliphatic heterocycles. The fourth-order valence-electron chi connectivity index (χ4n) is 1.66. The van der Waals surface area contributed by atoms with Crippen molar-refractivity contribution in [3.8, 4) is 0 Å². The van der Waals surface area contributed by atoms with Crippen LogP contribution in [0.5, 0.6) is 0 Å². The molecule has 4 N–H and O–H groups in total. The minimum absolute atomic E-state index is 0.0408. The fourth-order valence-corrected chi connectivity index (χ4v) is 1.66. The number of carboxylic acid groups (broad SMARTS) is 1. The van der Waals surface area contributed by atoms with E-state index in [1.807, 2.05) is 27.7 Å². The van der Waals surface area contributed by atoms with Gasteiger partial charge in [-0.2, -0.15) is 0 Å². The molecular formula is C13H26N2O3. The Morgan fingerprint density at radius 1 is 1.28 bits per heavy atom. The second kappa shape index (κ2) is 8.08. The highest BCUT2D eigenvalue weighted by Crippen LogP contribution is 2.13. The van der Waals surface area contributed by atoms with Crippen LogP contribution in [-0.4, -0.2) is 29.1 Å². The number of rotatable bonds is 8. The van der Waals surface area contributed by atoms with Gasteiger partial charge in [-0.05, 0) is 18.3 Å². The average Bonchev–Trinajstić information content (AvgIpc) is 2.26.